The van der Waals surface area contributed by atoms with Crippen LogP contribution in [0.25, 0.3) is 16.3 Å². The van der Waals surface area contributed by atoms with Crippen LogP contribution in [0, 0.1) is 11.6 Å². The van der Waals surface area contributed by atoms with Gasteiger partial charge in [0, 0.05) is 5.39 Å². The van der Waals surface area contributed by atoms with Crippen LogP contribution >= 0.6 is 23.6 Å². The van der Waals surface area contributed by atoms with E-state index < -0.39 is 5.97 Å². The van der Waals surface area contributed by atoms with Gasteiger partial charge < -0.3 is 10.1 Å². The van der Waals surface area contributed by atoms with E-state index in [1.807, 2.05) is 0 Å². The van der Waals surface area contributed by atoms with E-state index in [1.54, 1.807) is 6.92 Å². The Morgan fingerprint density at radius 3 is 2.80 bits per heavy atom. The number of nitrogens with zero attached hydrogens (tertiary/aromatic N) is 1. The number of hydrogen-bond donors (Lipinski definition) is 2. The normalized spacial score (nSPS) is 14.9. The van der Waals surface area contributed by atoms with Crippen molar-refractivity contribution in [2.45, 2.75) is 32.6 Å². The van der Waals surface area contributed by atoms with Crippen molar-refractivity contribution in [3.8, 4) is 0 Å². The molecule has 4 nitrogen and oxygen atoms in total. The van der Waals surface area contributed by atoms with E-state index in [1.165, 1.54) is 29.8 Å². The zero-order valence-corrected chi connectivity index (χ0v) is 12.7. The molecule has 1 aliphatic carbocycles. The maximum Gasteiger partial charge on any atom is 0.346 e. The summed E-state index contributed by atoms with van der Waals surface area (Å²) in [6.07, 6.45) is 6.75. The zero-order valence-electron chi connectivity index (χ0n) is 11.0. The zero-order chi connectivity index (χ0) is 14.3. The van der Waals surface area contributed by atoms with E-state index in [0.29, 0.717) is 19.9 Å². The number of rotatable bonds is 2. The van der Waals surface area contributed by atoms with E-state index in [4.69, 9.17) is 12.2 Å². The Labute approximate surface area is 125 Å². The van der Waals surface area contributed by atoms with Crippen LogP contribution in [0.15, 0.2) is 5.57 Å². The molecule has 104 valence electrons. The Balaban J connectivity index is 2.17. The molecule has 0 amide bonds. The van der Waals surface area contributed by atoms with Gasteiger partial charge >= 0.3 is 5.97 Å². The van der Waals surface area contributed by atoms with Gasteiger partial charge in [-0.2, -0.15) is 0 Å². The van der Waals surface area contributed by atoms with Gasteiger partial charge in [-0.3, -0.25) is 0 Å². The minimum Gasteiger partial charge on any atom is -0.477 e. The van der Waals surface area contributed by atoms with Gasteiger partial charge in [0.1, 0.15) is 20.2 Å². The summed E-state index contributed by atoms with van der Waals surface area (Å²) in [4.78, 5) is 19.8. The molecule has 1 aliphatic rings. The van der Waals surface area contributed by atoms with E-state index in [-0.39, 0.29) is 0 Å². The van der Waals surface area contributed by atoms with Gasteiger partial charge in [0.05, 0.1) is 0 Å². The highest BCUT2D eigenvalue weighted by Gasteiger charge is 2.17. The lowest BCUT2D eigenvalue weighted by molar-refractivity contribution is 0.0701. The molecular weight excluding hydrogens is 292 g/mol. The van der Waals surface area contributed by atoms with Crippen molar-refractivity contribution < 1.29 is 9.90 Å². The SMILES string of the molecule is Cc1c(C(=O)O)sc2nc(C=C3CCCC3)[nH]c(=S)c12. The number of H-pyrrole nitrogens is 1. The van der Waals surface area contributed by atoms with Crippen LogP contribution in [0.3, 0.4) is 0 Å². The Morgan fingerprint density at radius 2 is 2.15 bits per heavy atom. The molecule has 1 fully saturated rings. The lowest BCUT2D eigenvalue weighted by Crippen LogP contribution is -1.94. The number of carbonyl (C=O) groups is 1. The average Bonchev–Trinajstić information content (AvgIpc) is 2.97. The second kappa shape index (κ2) is 5.10. The van der Waals surface area contributed by atoms with Crippen LogP contribution in [-0.4, -0.2) is 21.0 Å². The molecule has 2 aromatic heterocycles. The lowest BCUT2D eigenvalue weighted by Gasteiger charge is -1.99. The minimum absolute atomic E-state index is 0.317. The smallest absolute Gasteiger partial charge is 0.346 e. The summed E-state index contributed by atoms with van der Waals surface area (Å²) in [6.45, 7) is 1.78. The Kier molecular flexibility index (Phi) is 3.43. The largest absolute Gasteiger partial charge is 0.477 e. The Morgan fingerprint density at radius 1 is 1.45 bits per heavy atom. The number of carboxylic acid groups (broad SMARTS) is 1. The van der Waals surface area contributed by atoms with Crippen molar-refractivity contribution in [3.63, 3.8) is 0 Å². The second-order valence-corrected chi connectivity index (χ2v) is 6.41. The number of aromatic nitrogens is 2. The van der Waals surface area contributed by atoms with Crippen molar-refractivity contribution in [1.82, 2.24) is 9.97 Å². The Hall–Kier alpha value is -1.53. The van der Waals surface area contributed by atoms with Crippen molar-refractivity contribution in [2.24, 2.45) is 0 Å². The first-order valence-electron chi connectivity index (χ1n) is 6.52. The van der Waals surface area contributed by atoms with Gasteiger partial charge in [-0.15, -0.1) is 11.3 Å². The molecule has 0 aliphatic heterocycles. The van der Waals surface area contributed by atoms with Crippen molar-refractivity contribution in [1.29, 1.82) is 0 Å². The molecule has 2 N–H and O–H groups in total. The number of hydrogen-bond acceptors (Lipinski definition) is 4. The molecule has 0 spiro atoms. The molecule has 0 unspecified atom stereocenters. The van der Waals surface area contributed by atoms with Crippen molar-refractivity contribution >= 4 is 45.8 Å². The van der Waals surface area contributed by atoms with Crippen LogP contribution in [0.5, 0.6) is 0 Å². The fourth-order valence-corrected chi connectivity index (χ4v) is 4.06. The lowest BCUT2D eigenvalue weighted by atomic mass is 10.2. The van der Waals surface area contributed by atoms with Gasteiger partial charge in [0.2, 0.25) is 0 Å². The van der Waals surface area contributed by atoms with Crippen LogP contribution in [-0.2, 0) is 0 Å². The number of nitrogens with one attached hydrogen (secondary N) is 1. The van der Waals surface area contributed by atoms with Gasteiger partial charge in [-0.1, -0.05) is 17.8 Å². The predicted molar refractivity (Wildman–Crippen MR) is 82.9 cm³/mol. The quantitative estimate of drug-likeness (QED) is 0.811. The van der Waals surface area contributed by atoms with E-state index in [0.717, 1.165) is 24.1 Å². The molecule has 1 saturated carbocycles. The molecule has 0 atom stereocenters. The van der Waals surface area contributed by atoms with E-state index >= 15 is 0 Å². The van der Waals surface area contributed by atoms with Crippen LogP contribution in [0.2, 0.25) is 0 Å². The average molecular weight is 306 g/mol. The predicted octanol–water partition coefficient (Wildman–Crippen LogP) is 4.32. The molecule has 0 bridgehead atoms. The summed E-state index contributed by atoms with van der Waals surface area (Å²) in [5.41, 5.74) is 2.08. The minimum atomic E-state index is -0.921. The third-order valence-electron chi connectivity index (χ3n) is 3.60. The Bertz CT molecular complexity index is 778. The first-order chi connectivity index (χ1) is 9.56. The molecule has 3 rings (SSSR count). The molecule has 0 radical (unpaired) electrons. The van der Waals surface area contributed by atoms with Gasteiger partial charge in [-0.25, -0.2) is 9.78 Å². The van der Waals surface area contributed by atoms with Crippen molar-refractivity contribution in [3.05, 3.63) is 26.5 Å². The highest BCUT2D eigenvalue weighted by Crippen LogP contribution is 2.31. The number of aromatic carboxylic acids is 1. The summed E-state index contributed by atoms with van der Waals surface area (Å²) in [7, 11) is 0. The van der Waals surface area contributed by atoms with Crippen LogP contribution in [0.4, 0.5) is 0 Å². The highest BCUT2D eigenvalue weighted by molar-refractivity contribution is 7.71. The summed E-state index contributed by atoms with van der Waals surface area (Å²) in [5.74, 6) is -0.187. The topological polar surface area (TPSA) is 66.0 Å². The number of allylic oxidation sites excluding steroid dienone is 1. The standard InChI is InChI=1S/C14H14N2O2S2/c1-7-10-12(19)15-9(6-8-4-2-3-5-8)16-13(10)20-11(7)14(17)18/h6H,2-5H2,1H3,(H,17,18)(H,15,16,19). The first kappa shape index (κ1) is 13.5. The van der Waals surface area contributed by atoms with Gasteiger partial charge in [0.25, 0.3) is 0 Å². The van der Waals surface area contributed by atoms with Gasteiger partial charge in [-0.05, 0) is 44.2 Å². The molecule has 0 saturated heterocycles. The summed E-state index contributed by atoms with van der Waals surface area (Å²) < 4.78 is 0.570. The number of carboxylic acids is 1. The molecule has 0 aromatic carbocycles. The third-order valence-corrected chi connectivity index (χ3v) is 5.08. The van der Waals surface area contributed by atoms with Crippen LogP contribution in [0.1, 0.15) is 46.7 Å². The summed E-state index contributed by atoms with van der Waals surface area (Å²) in [6, 6.07) is 0. The molecular formula is C14H14N2O2S2. The molecule has 20 heavy (non-hydrogen) atoms. The number of thiophene rings is 1. The van der Waals surface area contributed by atoms with Crippen molar-refractivity contribution in [2.75, 3.05) is 0 Å². The third kappa shape index (κ3) is 2.29. The fourth-order valence-electron chi connectivity index (χ4n) is 2.60. The molecule has 2 heterocycles. The monoisotopic (exact) mass is 306 g/mol. The molecule has 6 heteroatoms. The first-order valence-corrected chi connectivity index (χ1v) is 7.75. The summed E-state index contributed by atoms with van der Waals surface area (Å²) in [5, 5.41) is 9.94. The number of aryl methyl sites for hydroxylation is 1. The second-order valence-electron chi connectivity index (χ2n) is 5.00. The molecule has 2 aromatic rings. The maximum absolute atomic E-state index is 11.2. The maximum atomic E-state index is 11.2. The van der Waals surface area contributed by atoms with E-state index in [9.17, 15) is 9.90 Å². The van der Waals surface area contributed by atoms with E-state index in [2.05, 4.69) is 16.0 Å². The van der Waals surface area contributed by atoms with Gasteiger partial charge in [0.15, 0.2) is 0 Å². The number of aromatic amines is 1. The summed E-state index contributed by atoms with van der Waals surface area (Å²) >= 11 is 6.55. The highest BCUT2D eigenvalue weighted by atomic mass is 32.1. The number of fused-ring (bicyclic) bond motifs is 1. The van der Waals surface area contributed by atoms with Crippen LogP contribution < -0.4 is 0 Å². The fraction of sp³-hybridized carbons (Fsp3) is 0.357.